The van der Waals surface area contributed by atoms with Crippen LogP contribution in [0.4, 0.5) is 0 Å². The Morgan fingerprint density at radius 2 is 2.18 bits per heavy atom. The highest BCUT2D eigenvalue weighted by Gasteiger charge is 2.35. The van der Waals surface area contributed by atoms with Crippen molar-refractivity contribution in [2.45, 2.75) is 50.9 Å². The Morgan fingerprint density at radius 3 is 2.88 bits per heavy atom. The summed E-state index contributed by atoms with van der Waals surface area (Å²) in [5.41, 5.74) is 8.80. The molecule has 94 valence electrons. The predicted octanol–water partition coefficient (Wildman–Crippen LogP) is 3.12. The second-order valence-electron chi connectivity index (χ2n) is 5.26. The van der Waals surface area contributed by atoms with E-state index in [1.54, 1.807) is 0 Å². The molecule has 0 spiro atoms. The normalized spacial score (nSPS) is 23.4. The molecule has 17 heavy (non-hydrogen) atoms. The molecule has 1 aliphatic carbocycles. The fourth-order valence-electron chi connectivity index (χ4n) is 3.43. The van der Waals surface area contributed by atoms with Crippen LogP contribution in [0, 0.1) is 0 Å². The van der Waals surface area contributed by atoms with Crippen molar-refractivity contribution in [3.63, 3.8) is 0 Å². The molecule has 0 bridgehead atoms. The molecule has 0 fully saturated rings. The third kappa shape index (κ3) is 2.32. The Labute approximate surface area is 104 Å². The van der Waals surface area contributed by atoms with Crippen LogP contribution in [0.2, 0.25) is 0 Å². The summed E-state index contributed by atoms with van der Waals surface area (Å²) in [5.74, 6) is 0.392. The van der Waals surface area contributed by atoms with Gasteiger partial charge in [0, 0.05) is 0 Å². The monoisotopic (exact) mass is 233 g/mol. The van der Waals surface area contributed by atoms with E-state index in [0.29, 0.717) is 5.75 Å². The number of benzene rings is 1. The van der Waals surface area contributed by atoms with Crippen LogP contribution in [0.5, 0.6) is 5.75 Å². The van der Waals surface area contributed by atoms with Gasteiger partial charge >= 0.3 is 0 Å². The first-order chi connectivity index (χ1) is 8.22. The molecule has 1 aromatic rings. The quantitative estimate of drug-likeness (QED) is 0.839. The summed E-state index contributed by atoms with van der Waals surface area (Å²) in [6.07, 6.45) is 7.00. The first-order valence-electron chi connectivity index (χ1n) is 6.74. The number of phenolic OH excluding ortho intramolecular Hbond substituents is 1. The highest BCUT2D eigenvalue weighted by Crippen LogP contribution is 2.44. The van der Waals surface area contributed by atoms with Gasteiger partial charge in [0.15, 0.2) is 0 Å². The molecule has 0 aliphatic heterocycles. The second kappa shape index (κ2) is 5.09. The SMILES string of the molecule is CCCC1(CCN)CCCc2ccc(O)cc21. The van der Waals surface area contributed by atoms with Crippen LogP contribution in [0.1, 0.15) is 50.2 Å². The number of rotatable bonds is 4. The summed E-state index contributed by atoms with van der Waals surface area (Å²) in [6.45, 7) is 2.96. The van der Waals surface area contributed by atoms with Crippen LogP contribution in [0.3, 0.4) is 0 Å². The van der Waals surface area contributed by atoms with E-state index in [2.05, 4.69) is 13.0 Å². The van der Waals surface area contributed by atoms with Gasteiger partial charge in [0.05, 0.1) is 0 Å². The van der Waals surface area contributed by atoms with Crippen molar-refractivity contribution in [1.29, 1.82) is 0 Å². The minimum atomic E-state index is 0.218. The molecule has 0 saturated carbocycles. The van der Waals surface area contributed by atoms with Gasteiger partial charge in [-0.05, 0) is 67.3 Å². The number of nitrogens with two attached hydrogens (primary N) is 1. The van der Waals surface area contributed by atoms with Crippen LogP contribution in [0.25, 0.3) is 0 Å². The molecule has 2 rings (SSSR count). The first kappa shape index (κ1) is 12.4. The number of fused-ring (bicyclic) bond motifs is 1. The lowest BCUT2D eigenvalue weighted by molar-refractivity contribution is 0.310. The largest absolute Gasteiger partial charge is 0.508 e. The number of aromatic hydroxyl groups is 1. The Morgan fingerprint density at radius 1 is 1.35 bits per heavy atom. The fraction of sp³-hybridized carbons (Fsp3) is 0.600. The standard InChI is InChI=1S/C15H23NO/c1-2-7-15(9-10-16)8-3-4-12-5-6-13(17)11-14(12)15/h5-6,11,17H,2-4,7-10,16H2,1H3. The summed E-state index contributed by atoms with van der Waals surface area (Å²) < 4.78 is 0. The van der Waals surface area contributed by atoms with Crippen molar-refractivity contribution in [2.75, 3.05) is 6.54 Å². The molecule has 3 N–H and O–H groups in total. The molecule has 2 nitrogen and oxygen atoms in total. The molecule has 0 saturated heterocycles. The topological polar surface area (TPSA) is 46.2 Å². The molecule has 0 heterocycles. The molecule has 0 amide bonds. The van der Waals surface area contributed by atoms with Crippen LogP contribution in [-0.4, -0.2) is 11.7 Å². The molecular formula is C15H23NO. The highest BCUT2D eigenvalue weighted by molar-refractivity contribution is 5.42. The maximum atomic E-state index is 9.73. The van der Waals surface area contributed by atoms with E-state index in [1.807, 2.05) is 12.1 Å². The number of hydrogen-bond acceptors (Lipinski definition) is 2. The number of hydrogen-bond donors (Lipinski definition) is 2. The van der Waals surface area contributed by atoms with Gasteiger partial charge in [-0.15, -0.1) is 0 Å². The zero-order valence-corrected chi connectivity index (χ0v) is 10.7. The average molecular weight is 233 g/mol. The van der Waals surface area contributed by atoms with Crippen LogP contribution < -0.4 is 5.73 Å². The van der Waals surface area contributed by atoms with Gasteiger partial charge in [-0.1, -0.05) is 19.4 Å². The lowest BCUT2D eigenvalue weighted by atomic mass is 9.65. The predicted molar refractivity (Wildman–Crippen MR) is 71.3 cm³/mol. The summed E-state index contributed by atoms with van der Waals surface area (Å²) >= 11 is 0. The maximum absolute atomic E-state index is 9.73. The highest BCUT2D eigenvalue weighted by atomic mass is 16.3. The lowest BCUT2D eigenvalue weighted by Gasteiger charge is -2.39. The molecule has 0 aromatic heterocycles. The minimum Gasteiger partial charge on any atom is -0.508 e. The summed E-state index contributed by atoms with van der Waals surface area (Å²) in [7, 11) is 0. The van der Waals surface area contributed by atoms with E-state index < -0.39 is 0 Å². The summed E-state index contributed by atoms with van der Waals surface area (Å²) in [6, 6.07) is 5.87. The van der Waals surface area contributed by atoms with E-state index >= 15 is 0 Å². The van der Waals surface area contributed by atoms with Gasteiger partial charge in [0.1, 0.15) is 5.75 Å². The van der Waals surface area contributed by atoms with Gasteiger partial charge in [-0.3, -0.25) is 0 Å². The molecule has 1 aliphatic rings. The van der Waals surface area contributed by atoms with Gasteiger partial charge in [0.25, 0.3) is 0 Å². The number of phenols is 1. The number of aryl methyl sites for hydroxylation is 1. The van der Waals surface area contributed by atoms with E-state index in [4.69, 9.17) is 5.73 Å². The first-order valence-corrected chi connectivity index (χ1v) is 6.74. The van der Waals surface area contributed by atoms with Crippen LogP contribution >= 0.6 is 0 Å². The van der Waals surface area contributed by atoms with Crippen molar-refractivity contribution >= 4 is 0 Å². The van der Waals surface area contributed by atoms with Crippen molar-refractivity contribution in [3.8, 4) is 5.75 Å². The zero-order chi connectivity index (χ0) is 12.3. The van der Waals surface area contributed by atoms with Crippen molar-refractivity contribution in [2.24, 2.45) is 5.73 Å². The average Bonchev–Trinajstić information content (AvgIpc) is 2.31. The maximum Gasteiger partial charge on any atom is 0.115 e. The van der Waals surface area contributed by atoms with E-state index in [1.165, 1.54) is 36.8 Å². The fourth-order valence-corrected chi connectivity index (χ4v) is 3.43. The van der Waals surface area contributed by atoms with Crippen LogP contribution in [0.15, 0.2) is 18.2 Å². The van der Waals surface area contributed by atoms with E-state index in [-0.39, 0.29) is 5.41 Å². The van der Waals surface area contributed by atoms with E-state index in [9.17, 15) is 5.11 Å². The molecule has 1 aromatic carbocycles. The van der Waals surface area contributed by atoms with Crippen molar-refractivity contribution < 1.29 is 5.11 Å². The van der Waals surface area contributed by atoms with Crippen molar-refractivity contribution in [1.82, 2.24) is 0 Å². The minimum absolute atomic E-state index is 0.218. The van der Waals surface area contributed by atoms with Gasteiger partial charge in [-0.2, -0.15) is 0 Å². The Kier molecular flexibility index (Phi) is 3.72. The van der Waals surface area contributed by atoms with Gasteiger partial charge < -0.3 is 10.8 Å². The Hall–Kier alpha value is -1.02. The Balaban J connectivity index is 2.45. The van der Waals surface area contributed by atoms with Gasteiger partial charge in [-0.25, -0.2) is 0 Å². The molecule has 1 unspecified atom stereocenters. The summed E-state index contributed by atoms with van der Waals surface area (Å²) in [5, 5.41) is 9.73. The smallest absolute Gasteiger partial charge is 0.115 e. The second-order valence-corrected chi connectivity index (χ2v) is 5.26. The van der Waals surface area contributed by atoms with Crippen LogP contribution in [-0.2, 0) is 11.8 Å². The third-order valence-corrected chi connectivity index (χ3v) is 4.12. The molecule has 1 atom stereocenters. The Bertz CT molecular complexity index is 381. The third-order valence-electron chi connectivity index (χ3n) is 4.12. The molecule has 0 radical (unpaired) electrons. The lowest BCUT2D eigenvalue weighted by Crippen LogP contribution is -2.33. The molecule has 2 heteroatoms. The molecular weight excluding hydrogens is 210 g/mol. The summed E-state index contributed by atoms with van der Waals surface area (Å²) in [4.78, 5) is 0. The van der Waals surface area contributed by atoms with E-state index in [0.717, 1.165) is 19.4 Å². The van der Waals surface area contributed by atoms with Crippen molar-refractivity contribution in [3.05, 3.63) is 29.3 Å². The zero-order valence-electron chi connectivity index (χ0n) is 10.7. The van der Waals surface area contributed by atoms with Gasteiger partial charge in [0.2, 0.25) is 0 Å².